The highest BCUT2D eigenvalue weighted by molar-refractivity contribution is 5.79. The Morgan fingerprint density at radius 1 is 1.21 bits per heavy atom. The molecule has 6 nitrogen and oxygen atoms in total. The summed E-state index contributed by atoms with van der Waals surface area (Å²) in [5, 5.41) is 14.5. The molecule has 0 unspecified atom stereocenters. The van der Waals surface area contributed by atoms with Crippen molar-refractivity contribution in [1.29, 1.82) is 0 Å². The molecule has 152 valence electrons. The zero-order chi connectivity index (χ0) is 20.1. The van der Waals surface area contributed by atoms with Gasteiger partial charge in [0.2, 0.25) is 0 Å². The maximum Gasteiger partial charge on any atom is 0.152 e. The molecule has 0 saturated carbocycles. The molecule has 28 heavy (non-hydrogen) atoms. The average Bonchev–Trinajstić information content (AvgIpc) is 3.19. The van der Waals surface area contributed by atoms with E-state index >= 15 is 0 Å². The van der Waals surface area contributed by atoms with E-state index in [9.17, 15) is 4.79 Å². The van der Waals surface area contributed by atoms with Crippen molar-refractivity contribution in [3.63, 3.8) is 0 Å². The Morgan fingerprint density at radius 3 is 2.43 bits per heavy atom. The van der Waals surface area contributed by atoms with Crippen LogP contribution in [0, 0.1) is 5.92 Å². The number of carbonyl (C=O) groups is 1. The number of hydrogen-bond acceptors (Lipinski definition) is 4. The first-order valence-electron chi connectivity index (χ1n) is 10.5. The minimum absolute atomic E-state index is 0.00826. The van der Waals surface area contributed by atoms with Gasteiger partial charge in [0.1, 0.15) is 5.78 Å². The number of nitrogens with one attached hydrogen (secondary N) is 1. The van der Waals surface area contributed by atoms with Crippen LogP contribution >= 0.6 is 0 Å². The standard InChI is InChI=1S/C22H34N5O/c1-5-6-20(16(2)28)21(22-23-25-26-24-22)15-17-7-9-18(10-8-17)19-11-13-27(3,4)14-12-19/h7-10,19-21H,5-6,11-15H2,1-4H3,(H,23,24,25,26)/q+1/t20-,21+/m1/s1. The summed E-state index contributed by atoms with van der Waals surface area (Å²) in [6.07, 6.45) is 5.10. The van der Waals surface area contributed by atoms with Gasteiger partial charge in [-0.05, 0) is 47.2 Å². The fourth-order valence-electron chi connectivity index (χ4n) is 4.53. The number of hydrogen-bond donors (Lipinski definition) is 1. The lowest BCUT2D eigenvalue weighted by Crippen LogP contribution is -2.45. The first-order valence-corrected chi connectivity index (χ1v) is 10.5. The fourth-order valence-corrected chi connectivity index (χ4v) is 4.53. The second-order valence-electron chi connectivity index (χ2n) is 9.00. The summed E-state index contributed by atoms with van der Waals surface area (Å²) in [6.45, 7) is 6.28. The number of carbonyl (C=O) groups excluding carboxylic acids is 1. The Kier molecular flexibility index (Phi) is 6.60. The van der Waals surface area contributed by atoms with Gasteiger partial charge in [0.25, 0.3) is 0 Å². The number of likely N-dealkylation sites (tertiary alicyclic amines) is 1. The Labute approximate surface area is 168 Å². The SMILES string of the molecule is CCC[C@H](C(C)=O)[C@H](Cc1ccc(C2CC[N+](C)(C)CC2)cc1)c1nnn[nH]1. The Morgan fingerprint density at radius 2 is 1.89 bits per heavy atom. The van der Waals surface area contributed by atoms with Crippen molar-refractivity contribution in [3.05, 3.63) is 41.2 Å². The predicted molar refractivity (Wildman–Crippen MR) is 110 cm³/mol. The summed E-state index contributed by atoms with van der Waals surface area (Å²) in [4.78, 5) is 12.3. The van der Waals surface area contributed by atoms with Gasteiger partial charge < -0.3 is 4.48 Å². The van der Waals surface area contributed by atoms with Crippen molar-refractivity contribution < 1.29 is 9.28 Å². The number of piperidine rings is 1. The molecule has 0 bridgehead atoms. The Bertz CT molecular complexity index is 744. The molecular formula is C22H34N5O+. The van der Waals surface area contributed by atoms with Gasteiger partial charge in [0, 0.05) is 24.7 Å². The van der Waals surface area contributed by atoms with E-state index in [-0.39, 0.29) is 17.6 Å². The lowest BCUT2D eigenvalue weighted by Gasteiger charge is -2.37. The molecule has 2 aromatic rings. The molecule has 0 radical (unpaired) electrons. The van der Waals surface area contributed by atoms with Gasteiger partial charge in [0.15, 0.2) is 5.82 Å². The molecule has 1 aromatic heterocycles. The van der Waals surface area contributed by atoms with E-state index in [1.807, 2.05) is 0 Å². The minimum atomic E-state index is -0.0576. The summed E-state index contributed by atoms with van der Waals surface area (Å²) in [5.74, 6) is 1.52. The van der Waals surface area contributed by atoms with Crippen LogP contribution in [0.3, 0.4) is 0 Å². The van der Waals surface area contributed by atoms with Gasteiger partial charge in [-0.1, -0.05) is 37.6 Å². The number of aromatic amines is 1. The largest absolute Gasteiger partial charge is 0.328 e. The average molecular weight is 385 g/mol. The monoisotopic (exact) mass is 384 g/mol. The van der Waals surface area contributed by atoms with Crippen LogP contribution in [0.4, 0.5) is 0 Å². The maximum atomic E-state index is 12.3. The van der Waals surface area contributed by atoms with Crippen molar-refractivity contribution in [2.24, 2.45) is 5.92 Å². The van der Waals surface area contributed by atoms with Crippen LogP contribution in [0.2, 0.25) is 0 Å². The van der Waals surface area contributed by atoms with E-state index in [2.05, 4.69) is 65.9 Å². The van der Waals surface area contributed by atoms with E-state index in [1.165, 1.54) is 37.1 Å². The molecule has 0 aliphatic carbocycles. The van der Waals surface area contributed by atoms with Crippen LogP contribution < -0.4 is 0 Å². The van der Waals surface area contributed by atoms with Crippen molar-refractivity contribution in [1.82, 2.24) is 20.6 Å². The second-order valence-corrected chi connectivity index (χ2v) is 9.00. The number of rotatable bonds is 8. The van der Waals surface area contributed by atoms with E-state index in [0.717, 1.165) is 23.7 Å². The summed E-state index contributed by atoms with van der Waals surface area (Å²) in [5.41, 5.74) is 2.68. The molecule has 0 amide bonds. The maximum absolute atomic E-state index is 12.3. The van der Waals surface area contributed by atoms with Crippen molar-refractivity contribution in [2.75, 3.05) is 27.2 Å². The quantitative estimate of drug-likeness (QED) is 0.707. The van der Waals surface area contributed by atoms with E-state index in [0.29, 0.717) is 11.7 Å². The number of benzene rings is 1. The first kappa shape index (κ1) is 20.6. The lowest BCUT2D eigenvalue weighted by molar-refractivity contribution is -0.895. The molecule has 1 aliphatic heterocycles. The molecule has 1 N–H and O–H groups in total. The topological polar surface area (TPSA) is 71.5 Å². The molecule has 0 spiro atoms. The van der Waals surface area contributed by atoms with Crippen molar-refractivity contribution in [2.45, 2.75) is 57.8 Å². The van der Waals surface area contributed by atoms with Crippen LogP contribution in [-0.4, -0.2) is 58.1 Å². The number of ketones is 1. The highest BCUT2D eigenvalue weighted by Crippen LogP contribution is 2.33. The number of nitrogens with zero attached hydrogens (tertiary/aromatic N) is 4. The van der Waals surface area contributed by atoms with Crippen molar-refractivity contribution in [3.8, 4) is 0 Å². The Hall–Kier alpha value is -2.08. The number of Topliss-reactive ketones (excluding diaryl/α,β-unsaturated/α-hetero) is 1. The zero-order valence-corrected chi connectivity index (χ0v) is 17.7. The highest BCUT2D eigenvalue weighted by atomic mass is 16.1. The Balaban J connectivity index is 1.73. The van der Waals surface area contributed by atoms with Gasteiger partial charge in [-0.15, -0.1) is 5.10 Å². The second kappa shape index (κ2) is 8.95. The minimum Gasteiger partial charge on any atom is -0.328 e. The molecule has 2 heterocycles. The predicted octanol–water partition coefficient (Wildman–Crippen LogP) is 3.49. The lowest BCUT2D eigenvalue weighted by atomic mass is 9.80. The molecular weight excluding hydrogens is 350 g/mol. The number of quaternary nitrogens is 1. The van der Waals surface area contributed by atoms with E-state index in [1.54, 1.807) is 6.92 Å². The third-order valence-electron chi connectivity index (χ3n) is 6.39. The van der Waals surface area contributed by atoms with Gasteiger partial charge in [-0.2, -0.15) is 0 Å². The molecule has 1 fully saturated rings. The normalized spacial score (nSPS) is 19.3. The third-order valence-corrected chi connectivity index (χ3v) is 6.39. The van der Waals surface area contributed by atoms with Crippen LogP contribution in [0.5, 0.6) is 0 Å². The van der Waals surface area contributed by atoms with Crippen molar-refractivity contribution >= 4 is 5.78 Å². The van der Waals surface area contributed by atoms with Crippen LogP contribution in [0.1, 0.15) is 68.3 Å². The van der Waals surface area contributed by atoms with Crippen LogP contribution in [0.15, 0.2) is 24.3 Å². The van der Waals surface area contributed by atoms with E-state index in [4.69, 9.17) is 0 Å². The zero-order valence-electron chi connectivity index (χ0n) is 17.7. The summed E-state index contributed by atoms with van der Waals surface area (Å²) in [6, 6.07) is 9.01. The van der Waals surface area contributed by atoms with Gasteiger partial charge in [-0.3, -0.25) is 4.79 Å². The number of aromatic nitrogens is 4. The first-order chi connectivity index (χ1) is 13.4. The summed E-state index contributed by atoms with van der Waals surface area (Å²) >= 11 is 0. The van der Waals surface area contributed by atoms with Gasteiger partial charge in [0.05, 0.1) is 27.2 Å². The third kappa shape index (κ3) is 5.04. The van der Waals surface area contributed by atoms with Gasteiger partial charge >= 0.3 is 0 Å². The number of H-pyrrole nitrogens is 1. The molecule has 6 heteroatoms. The summed E-state index contributed by atoms with van der Waals surface area (Å²) < 4.78 is 1.13. The molecule has 3 rings (SSSR count). The van der Waals surface area contributed by atoms with Crippen LogP contribution in [-0.2, 0) is 11.2 Å². The smallest absolute Gasteiger partial charge is 0.152 e. The fraction of sp³-hybridized carbons (Fsp3) is 0.636. The van der Waals surface area contributed by atoms with Gasteiger partial charge in [-0.25, -0.2) is 5.10 Å². The van der Waals surface area contributed by atoms with E-state index < -0.39 is 0 Å². The molecule has 2 atom stereocenters. The number of tetrazole rings is 1. The molecule has 1 aromatic carbocycles. The molecule has 1 saturated heterocycles. The van der Waals surface area contributed by atoms with Crippen LogP contribution in [0.25, 0.3) is 0 Å². The highest BCUT2D eigenvalue weighted by Gasteiger charge is 2.30. The summed E-state index contributed by atoms with van der Waals surface area (Å²) in [7, 11) is 4.64. The molecule has 1 aliphatic rings.